The van der Waals surface area contributed by atoms with Crippen molar-refractivity contribution in [2.45, 2.75) is 47.5 Å². The average Bonchev–Trinajstić information content (AvgIpc) is 3.31. The van der Waals surface area contributed by atoms with Crippen LogP contribution in [-0.4, -0.2) is 46.7 Å². The summed E-state index contributed by atoms with van der Waals surface area (Å²) in [7, 11) is 1.67. The highest BCUT2D eigenvalue weighted by Crippen LogP contribution is 2.34. The highest BCUT2D eigenvalue weighted by atomic mass is 16.6. The Labute approximate surface area is 262 Å². The van der Waals surface area contributed by atoms with Gasteiger partial charge in [-0.25, -0.2) is 9.78 Å². The Bertz CT molecular complexity index is 1950. The maximum Gasteiger partial charge on any atom is 0.344 e. The van der Waals surface area contributed by atoms with Crippen LogP contribution in [0.3, 0.4) is 0 Å². The minimum Gasteiger partial charge on any atom is -0.496 e. The van der Waals surface area contributed by atoms with Crippen molar-refractivity contribution >= 4 is 23.1 Å². The first-order chi connectivity index (χ1) is 21.6. The van der Waals surface area contributed by atoms with Crippen molar-refractivity contribution < 1.29 is 19.0 Å². The molecule has 9 nitrogen and oxygen atoms in total. The van der Waals surface area contributed by atoms with Gasteiger partial charge in [0.2, 0.25) is 0 Å². The Morgan fingerprint density at radius 1 is 1.02 bits per heavy atom. The largest absolute Gasteiger partial charge is 0.496 e. The fraction of sp³-hybridized carbons (Fsp3) is 0.278. The lowest BCUT2D eigenvalue weighted by molar-refractivity contribution is -0.145. The number of aryl methyl sites for hydroxylation is 2. The van der Waals surface area contributed by atoms with Crippen LogP contribution < -0.4 is 15.0 Å². The second kappa shape index (κ2) is 13.2. The van der Waals surface area contributed by atoms with Crippen LogP contribution in [-0.2, 0) is 9.53 Å². The zero-order valence-electron chi connectivity index (χ0n) is 26.7. The van der Waals surface area contributed by atoms with E-state index in [1.807, 2.05) is 81.4 Å². The van der Waals surface area contributed by atoms with Gasteiger partial charge in [0.15, 0.2) is 12.4 Å². The van der Waals surface area contributed by atoms with Crippen LogP contribution >= 0.6 is 0 Å². The van der Waals surface area contributed by atoms with E-state index in [4.69, 9.17) is 24.3 Å². The monoisotopic (exact) mass is 606 g/mol. The second-order valence-electron chi connectivity index (χ2n) is 11.1. The molecule has 0 radical (unpaired) electrons. The zero-order valence-corrected chi connectivity index (χ0v) is 26.7. The highest BCUT2D eigenvalue weighted by molar-refractivity contribution is 5.84. The van der Waals surface area contributed by atoms with Gasteiger partial charge in [-0.2, -0.15) is 9.78 Å². The molecule has 0 fully saturated rings. The molecule has 0 bridgehead atoms. The number of nitrogens with zero attached hydrogens (tertiary/aromatic N) is 4. The summed E-state index contributed by atoms with van der Waals surface area (Å²) in [5, 5.41) is 5.24. The molecule has 0 aliphatic rings. The van der Waals surface area contributed by atoms with Gasteiger partial charge < -0.3 is 18.8 Å². The molecule has 0 saturated heterocycles. The van der Waals surface area contributed by atoms with Gasteiger partial charge in [-0.05, 0) is 99.3 Å². The third kappa shape index (κ3) is 6.38. The van der Waals surface area contributed by atoms with E-state index in [2.05, 4.69) is 18.4 Å². The summed E-state index contributed by atoms with van der Waals surface area (Å²) in [6, 6.07) is 20.9. The third-order valence-electron chi connectivity index (χ3n) is 7.73. The van der Waals surface area contributed by atoms with Crippen molar-refractivity contribution in [3.05, 3.63) is 105 Å². The number of benzene rings is 3. The first kappa shape index (κ1) is 31.3. The zero-order chi connectivity index (χ0) is 32.2. The number of hydrogen-bond donors (Lipinski definition) is 0. The molecule has 232 valence electrons. The molecule has 0 atom stereocenters. The predicted molar refractivity (Wildman–Crippen MR) is 177 cm³/mol. The molecule has 3 aromatic carbocycles. The number of rotatable bonds is 10. The first-order valence-electron chi connectivity index (χ1n) is 15.0. The lowest BCUT2D eigenvalue weighted by atomic mass is 9.96. The first-order valence-corrected chi connectivity index (χ1v) is 15.0. The van der Waals surface area contributed by atoms with Gasteiger partial charge in [0.05, 0.1) is 30.8 Å². The summed E-state index contributed by atoms with van der Waals surface area (Å²) >= 11 is 0. The Kier molecular flexibility index (Phi) is 9.18. The molecule has 0 amide bonds. The molecular formula is C36H38N4O5. The number of esters is 1. The van der Waals surface area contributed by atoms with E-state index in [-0.39, 0.29) is 18.1 Å². The van der Waals surface area contributed by atoms with Crippen molar-refractivity contribution in [1.29, 1.82) is 0 Å². The molecule has 0 spiro atoms. The molecule has 0 N–H and O–H groups in total. The topological polar surface area (TPSA) is 96.9 Å². The van der Waals surface area contributed by atoms with E-state index in [1.54, 1.807) is 26.3 Å². The van der Waals surface area contributed by atoms with Crippen LogP contribution in [0.15, 0.2) is 76.6 Å². The molecule has 5 aromatic rings. The molecule has 0 unspecified atom stereocenters. The van der Waals surface area contributed by atoms with Gasteiger partial charge in [-0.15, -0.1) is 0 Å². The maximum atomic E-state index is 13.9. The van der Waals surface area contributed by atoms with Crippen LogP contribution in [0.5, 0.6) is 11.5 Å². The molecule has 2 heterocycles. The molecular weight excluding hydrogens is 568 g/mol. The number of ether oxygens (including phenoxy) is 3. The fourth-order valence-corrected chi connectivity index (χ4v) is 5.44. The lowest BCUT2D eigenvalue weighted by Gasteiger charge is -2.17. The van der Waals surface area contributed by atoms with Crippen molar-refractivity contribution in [2.24, 2.45) is 5.10 Å². The summed E-state index contributed by atoms with van der Waals surface area (Å²) in [6.07, 6.45) is 1.71. The number of aromatic nitrogens is 3. The van der Waals surface area contributed by atoms with Gasteiger partial charge in [0.1, 0.15) is 11.5 Å². The third-order valence-corrected chi connectivity index (χ3v) is 7.73. The van der Waals surface area contributed by atoms with Crippen LogP contribution in [0.25, 0.3) is 28.0 Å². The molecule has 45 heavy (non-hydrogen) atoms. The summed E-state index contributed by atoms with van der Waals surface area (Å²) in [5.74, 6) is 1.63. The van der Waals surface area contributed by atoms with Crippen LogP contribution in [0, 0.1) is 20.8 Å². The van der Waals surface area contributed by atoms with Crippen LogP contribution in [0.4, 0.5) is 0 Å². The normalized spacial score (nSPS) is 11.5. The summed E-state index contributed by atoms with van der Waals surface area (Å²) in [4.78, 5) is 30.5. The Morgan fingerprint density at radius 2 is 1.76 bits per heavy atom. The quantitative estimate of drug-likeness (QED) is 0.129. The molecule has 0 aliphatic heterocycles. The summed E-state index contributed by atoms with van der Waals surface area (Å²) in [5.41, 5.74) is 6.85. The van der Waals surface area contributed by atoms with Gasteiger partial charge in [0.25, 0.3) is 5.56 Å². The maximum absolute atomic E-state index is 13.9. The number of para-hydroxylation sites is 1. The van der Waals surface area contributed by atoms with Crippen molar-refractivity contribution in [2.75, 3.05) is 20.3 Å². The van der Waals surface area contributed by atoms with E-state index >= 15 is 0 Å². The predicted octanol–water partition coefficient (Wildman–Crippen LogP) is 6.74. The van der Waals surface area contributed by atoms with Gasteiger partial charge in [0, 0.05) is 28.2 Å². The minimum atomic E-state index is -0.408. The van der Waals surface area contributed by atoms with E-state index in [0.717, 1.165) is 45.1 Å². The fourth-order valence-electron chi connectivity index (χ4n) is 5.44. The highest BCUT2D eigenvalue weighted by Gasteiger charge is 2.19. The minimum absolute atomic E-state index is 0.144. The SMILES string of the molecule is CCOC(=O)COc1ccc(-n2c(C)cc(C=Nn3c(-c4cc(C(C)C)c(OC)cc4C)nc4ccccc4c3=O)c2C)cc1. The van der Waals surface area contributed by atoms with E-state index in [1.165, 1.54) is 4.68 Å². The molecule has 2 aromatic heterocycles. The van der Waals surface area contributed by atoms with Gasteiger partial charge >= 0.3 is 5.97 Å². The van der Waals surface area contributed by atoms with Gasteiger partial charge in [-0.3, -0.25) is 4.79 Å². The van der Waals surface area contributed by atoms with Crippen molar-refractivity contribution in [1.82, 2.24) is 14.2 Å². The molecule has 0 saturated carbocycles. The Morgan fingerprint density at radius 3 is 2.44 bits per heavy atom. The van der Waals surface area contributed by atoms with Crippen molar-refractivity contribution in [3.8, 4) is 28.6 Å². The molecule has 0 aliphatic carbocycles. The number of fused-ring (bicyclic) bond motifs is 1. The Hall–Kier alpha value is -5.18. The number of hydrogen-bond acceptors (Lipinski definition) is 7. The lowest BCUT2D eigenvalue weighted by Crippen LogP contribution is -2.21. The Balaban J connectivity index is 1.55. The number of carbonyl (C=O) groups excluding carboxylic acids is 1. The van der Waals surface area contributed by atoms with Gasteiger partial charge in [-0.1, -0.05) is 26.0 Å². The van der Waals surface area contributed by atoms with E-state index in [9.17, 15) is 9.59 Å². The number of methoxy groups -OCH3 is 1. The summed E-state index contributed by atoms with van der Waals surface area (Å²) < 4.78 is 19.6. The van der Waals surface area contributed by atoms with Crippen LogP contribution in [0.2, 0.25) is 0 Å². The van der Waals surface area contributed by atoms with Crippen molar-refractivity contribution in [3.63, 3.8) is 0 Å². The van der Waals surface area contributed by atoms with E-state index < -0.39 is 5.97 Å². The standard InChI is InChI=1S/C36H38N4O5/c1-8-44-34(41)21-45-28-15-13-27(14-16-28)39-24(5)18-26(25(39)6)20-37-40-35(38-32-12-10-9-11-29(32)36(40)42)31-19-30(22(2)3)33(43-7)17-23(31)4/h9-20,22H,8,21H2,1-7H3. The smallest absolute Gasteiger partial charge is 0.344 e. The van der Waals surface area contributed by atoms with E-state index in [0.29, 0.717) is 29.1 Å². The molecule has 5 rings (SSSR count). The van der Waals surface area contributed by atoms with Crippen LogP contribution in [0.1, 0.15) is 54.8 Å². The number of carbonyl (C=O) groups is 1. The second-order valence-corrected chi connectivity index (χ2v) is 11.1. The molecule has 9 heteroatoms. The average molecular weight is 607 g/mol. The summed E-state index contributed by atoms with van der Waals surface area (Å²) in [6.45, 7) is 12.1.